The zero-order chi connectivity index (χ0) is 8.74. The third-order valence-electron chi connectivity index (χ3n) is 1.15. The second-order valence-corrected chi connectivity index (χ2v) is 4.18. The van der Waals surface area contributed by atoms with E-state index in [-0.39, 0.29) is 5.48 Å². The summed E-state index contributed by atoms with van der Waals surface area (Å²) in [4.78, 5) is 0. The van der Waals surface area contributed by atoms with Crippen LogP contribution in [0.4, 0.5) is 0 Å². The third kappa shape index (κ3) is 22.5. The molecule has 0 bridgehead atoms. The van der Waals surface area contributed by atoms with Gasteiger partial charge in [0, 0.05) is 0 Å². The molecule has 0 radical (unpaired) electrons. The van der Waals surface area contributed by atoms with Crippen molar-refractivity contribution >= 4 is 20.2 Å². The molecule has 6 N–H and O–H groups in total. The van der Waals surface area contributed by atoms with E-state index in [1.807, 2.05) is 0 Å². The maximum Gasteiger partial charge on any atom is 0.125 e. The fourth-order valence-electron chi connectivity index (χ4n) is 0.760. The Morgan fingerprint density at radius 1 is 1.08 bits per heavy atom. The van der Waals surface area contributed by atoms with Crippen molar-refractivity contribution in [3.8, 4) is 0 Å². The first-order valence-corrected chi connectivity index (χ1v) is 5.63. The fourth-order valence-corrected chi connectivity index (χ4v) is 0.760. The van der Waals surface area contributed by atoms with Gasteiger partial charge in [0.2, 0.25) is 0 Å². The van der Waals surface area contributed by atoms with Crippen LogP contribution in [0.1, 0.15) is 0 Å². The van der Waals surface area contributed by atoms with Gasteiger partial charge in [-0.2, -0.15) is 0 Å². The Bertz CT molecular complexity index is 158. The maximum atomic E-state index is 8.89. The zero-order valence-corrected chi connectivity index (χ0v) is 8.16. The minimum atomic E-state index is -4.33. The molecule has 0 unspecified atom stereocenters. The number of nitrogens with two attached hydrogens (primary N) is 2. The molecule has 0 saturated carbocycles. The molecule has 0 aromatic carbocycles. The summed E-state index contributed by atoms with van der Waals surface area (Å²) in [5.41, 5.74) is 0. The predicted octanol–water partition coefficient (Wildman–Crippen LogP) is -4.70. The molecule has 1 rings (SSSR count). The highest BCUT2D eigenvalue weighted by atomic mass is 32.9. The molecule has 0 amide bonds. The standard InChI is InChI=1S/C4H10N2.H2O3S2.H2O/c1-2-6-4-3-5-1;1-5(2,3)4;/h5-6H,1-4H2;(H2,1,2,3,4);1H2. The highest BCUT2D eigenvalue weighted by Gasteiger charge is 1.99. The smallest absolute Gasteiger partial charge is 0.125 e. The van der Waals surface area contributed by atoms with E-state index in [1.165, 1.54) is 26.2 Å². The van der Waals surface area contributed by atoms with Crippen LogP contribution in [0.15, 0.2) is 0 Å². The molecule has 0 aromatic rings. The van der Waals surface area contributed by atoms with E-state index in [1.54, 1.807) is 0 Å². The molecule has 1 aliphatic rings. The van der Waals surface area contributed by atoms with Crippen LogP contribution in [0, 0.1) is 0 Å². The van der Waals surface area contributed by atoms with Gasteiger partial charge in [-0.05, 0) is 11.2 Å². The first kappa shape index (κ1) is 14.7. The second kappa shape index (κ2) is 7.80. The van der Waals surface area contributed by atoms with Crippen molar-refractivity contribution < 1.29 is 29.4 Å². The van der Waals surface area contributed by atoms with Crippen LogP contribution in [0.5, 0.6) is 0 Å². The van der Waals surface area contributed by atoms with E-state index in [2.05, 4.69) is 21.8 Å². The van der Waals surface area contributed by atoms with Crippen LogP contribution in [-0.2, 0) is 20.2 Å². The maximum absolute atomic E-state index is 8.89. The van der Waals surface area contributed by atoms with E-state index in [0.29, 0.717) is 0 Å². The summed E-state index contributed by atoms with van der Waals surface area (Å²) in [7, 11) is -4.33. The van der Waals surface area contributed by atoms with E-state index >= 15 is 0 Å². The molecule has 1 heterocycles. The van der Waals surface area contributed by atoms with Gasteiger partial charge >= 0.3 is 0 Å². The van der Waals surface area contributed by atoms with Crippen molar-refractivity contribution in [1.82, 2.24) is 0 Å². The number of hydrogen-bond acceptors (Lipinski definition) is 4. The van der Waals surface area contributed by atoms with E-state index in [0.717, 1.165) is 0 Å². The van der Waals surface area contributed by atoms with Crippen LogP contribution in [0.2, 0.25) is 0 Å². The van der Waals surface area contributed by atoms with Gasteiger partial charge in [-0.3, -0.25) is 4.21 Å². The van der Waals surface area contributed by atoms with Gasteiger partial charge in [-0.15, -0.1) is 9.05 Å². The normalized spacial score (nSPS) is 16.8. The van der Waals surface area contributed by atoms with Crippen LogP contribution in [-0.4, -0.2) is 45.0 Å². The Balaban J connectivity index is 0. The molecular weight excluding hydrogens is 204 g/mol. The molecule has 0 aliphatic carbocycles. The Hall–Kier alpha value is 0.170. The summed E-state index contributed by atoms with van der Waals surface area (Å²) in [6.45, 7) is 5.28. The first-order chi connectivity index (χ1) is 5.00. The SMILES string of the molecule is C1C[NH2+]CC[NH2+]1.O.O=S([O-])([O-])=S. The summed E-state index contributed by atoms with van der Waals surface area (Å²) in [6, 6.07) is 0. The molecule has 76 valence electrons. The van der Waals surface area contributed by atoms with Gasteiger partial charge in [0.15, 0.2) is 0 Å². The summed E-state index contributed by atoms with van der Waals surface area (Å²) in [6.07, 6.45) is 0. The van der Waals surface area contributed by atoms with Gasteiger partial charge in [-0.25, -0.2) is 0 Å². The van der Waals surface area contributed by atoms with E-state index in [9.17, 15) is 0 Å². The van der Waals surface area contributed by atoms with Crippen LogP contribution >= 0.6 is 0 Å². The minimum Gasteiger partial charge on any atom is -0.780 e. The zero-order valence-electron chi connectivity index (χ0n) is 6.52. The Kier molecular flexibility index (Phi) is 9.54. The molecule has 0 aromatic heterocycles. The van der Waals surface area contributed by atoms with Crippen LogP contribution in [0.3, 0.4) is 0 Å². The number of rotatable bonds is 0. The van der Waals surface area contributed by atoms with Crippen molar-refractivity contribution in [2.75, 3.05) is 26.2 Å². The number of hydrogen-bond donors (Lipinski definition) is 2. The highest BCUT2D eigenvalue weighted by molar-refractivity contribution is 8.26. The van der Waals surface area contributed by atoms with Gasteiger partial charge in [0.1, 0.15) is 26.2 Å². The molecular formula is C4H14N2O4S2. The number of piperazine rings is 1. The molecule has 1 aliphatic heterocycles. The third-order valence-corrected chi connectivity index (χ3v) is 1.15. The molecule has 1 saturated heterocycles. The first-order valence-electron chi connectivity index (χ1n) is 3.30. The van der Waals surface area contributed by atoms with Crippen molar-refractivity contribution in [2.45, 2.75) is 0 Å². The highest BCUT2D eigenvalue weighted by Crippen LogP contribution is 1.60. The molecule has 8 heteroatoms. The van der Waals surface area contributed by atoms with Gasteiger partial charge in [-0.1, -0.05) is 0 Å². The minimum absolute atomic E-state index is 0. The van der Waals surface area contributed by atoms with E-state index < -0.39 is 9.05 Å². The Morgan fingerprint density at radius 3 is 1.33 bits per heavy atom. The monoisotopic (exact) mass is 218 g/mol. The van der Waals surface area contributed by atoms with Crippen molar-refractivity contribution in [3.05, 3.63) is 0 Å². The van der Waals surface area contributed by atoms with Gasteiger partial charge in [0.25, 0.3) is 0 Å². The summed E-state index contributed by atoms with van der Waals surface area (Å²) >= 11 is 3.24. The Labute approximate surface area is 76.4 Å². The van der Waals surface area contributed by atoms with Crippen molar-refractivity contribution in [3.63, 3.8) is 0 Å². The molecule has 0 atom stereocenters. The average Bonchev–Trinajstić information content (AvgIpc) is 1.88. The molecule has 0 spiro atoms. The predicted molar refractivity (Wildman–Crippen MR) is 44.0 cm³/mol. The largest absolute Gasteiger partial charge is 0.780 e. The molecule has 6 nitrogen and oxygen atoms in total. The number of quaternary nitrogens is 2. The van der Waals surface area contributed by atoms with Crippen molar-refractivity contribution in [1.29, 1.82) is 0 Å². The fraction of sp³-hybridized carbons (Fsp3) is 1.00. The van der Waals surface area contributed by atoms with Crippen LogP contribution < -0.4 is 10.6 Å². The molecule has 1 fully saturated rings. The Morgan fingerprint density at radius 2 is 1.25 bits per heavy atom. The van der Waals surface area contributed by atoms with Crippen LogP contribution in [0.25, 0.3) is 0 Å². The average molecular weight is 218 g/mol. The lowest BCUT2D eigenvalue weighted by molar-refractivity contribution is -0.787. The van der Waals surface area contributed by atoms with E-state index in [4.69, 9.17) is 13.3 Å². The van der Waals surface area contributed by atoms with Gasteiger partial charge in [0.05, 0.1) is 0 Å². The molecule has 12 heavy (non-hydrogen) atoms. The second-order valence-electron chi connectivity index (χ2n) is 2.14. The van der Waals surface area contributed by atoms with Crippen molar-refractivity contribution in [2.24, 2.45) is 0 Å². The summed E-state index contributed by atoms with van der Waals surface area (Å²) < 4.78 is 26.7. The quantitative estimate of drug-likeness (QED) is 0.423. The lowest BCUT2D eigenvalue weighted by Crippen LogP contribution is -3.04. The lowest BCUT2D eigenvalue weighted by Gasteiger charge is -2.12. The summed E-state index contributed by atoms with van der Waals surface area (Å²) in [5.74, 6) is 0. The topological polar surface area (TPSA) is 128 Å². The van der Waals surface area contributed by atoms with Gasteiger partial charge < -0.3 is 25.2 Å². The lowest BCUT2D eigenvalue weighted by atomic mass is 10.4. The summed E-state index contributed by atoms with van der Waals surface area (Å²) in [5, 5.41) is 4.72.